The highest BCUT2D eigenvalue weighted by Gasteiger charge is 2.20. The van der Waals surface area contributed by atoms with Crippen LogP contribution < -0.4 is 5.32 Å². The smallest absolute Gasteiger partial charge is 0.0336 e. The van der Waals surface area contributed by atoms with Gasteiger partial charge in [-0.2, -0.15) is 0 Å². The number of alkyl halides is 1. The average Bonchev–Trinajstić information content (AvgIpc) is 2.30. The van der Waals surface area contributed by atoms with Crippen LogP contribution in [0.25, 0.3) is 0 Å². The Morgan fingerprint density at radius 2 is 1.53 bits per heavy atom. The van der Waals surface area contributed by atoms with Gasteiger partial charge in [-0.25, -0.2) is 0 Å². The number of hydrogen-bond acceptors (Lipinski definition) is 1. The van der Waals surface area contributed by atoms with Crippen LogP contribution in [0.2, 0.25) is 0 Å². The Labute approximate surface area is 99.0 Å². The molecule has 0 amide bonds. The predicted molar refractivity (Wildman–Crippen MR) is 66.5 cm³/mol. The minimum atomic E-state index is 0.468. The minimum Gasteiger partial charge on any atom is -0.314 e. The topological polar surface area (TPSA) is 12.0 Å². The van der Waals surface area contributed by atoms with Gasteiger partial charge in [0.1, 0.15) is 0 Å². The zero-order valence-electron chi connectivity index (χ0n) is 9.68. The van der Waals surface area contributed by atoms with Gasteiger partial charge in [0.15, 0.2) is 0 Å². The summed E-state index contributed by atoms with van der Waals surface area (Å²) in [6.45, 7) is 1.24. The van der Waals surface area contributed by atoms with Crippen molar-refractivity contribution in [2.45, 2.75) is 69.2 Å². The Morgan fingerprint density at radius 1 is 0.867 bits per heavy atom. The van der Waals surface area contributed by atoms with Gasteiger partial charge in [-0.15, -0.1) is 11.6 Å². The molecule has 0 spiro atoms. The van der Waals surface area contributed by atoms with Gasteiger partial charge in [-0.1, -0.05) is 19.3 Å². The number of nitrogens with one attached hydrogen (secondary N) is 1. The van der Waals surface area contributed by atoms with Gasteiger partial charge < -0.3 is 5.32 Å². The van der Waals surface area contributed by atoms with Crippen LogP contribution in [-0.4, -0.2) is 18.0 Å². The van der Waals surface area contributed by atoms with Gasteiger partial charge in [0.25, 0.3) is 0 Å². The zero-order chi connectivity index (χ0) is 10.5. The summed E-state index contributed by atoms with van der Waals surface area (Å²) in [6.07, 6.45) is 12.3. The van der Waals surface area contributed by atoms with E-state index < -0.39 is 0 Å². The molecular formula is C13H24ClN. The molecule has 0 heterocycles. The summed E-state index contributed by atoms with van der Waals surface area (Å²) in [4.78, 5) is 0. The average molecular weight is 230 g/mol. The van der Waals surface area contributed by atoms with E-state index in [1.807, 2.05) is 0 Å². The fourth-order valence-corrected chi connectivity index (χ4v) is 3.22. The SMILES string of the molecule is ClC1CCC(CNC2CCCCC2)CC1. The van der Waals surface area contributed by atoms with Crippen LogP contribution in [0.3, 0.4) is 0 Å². The van der Waals surface area contributed by atoms with Crippen LogP contribution in [-0.2, 0) is 0 Å². The lowest BCUT2D eigenvalue weighted by molar-refractivity contribution is 0.302. The Bertz CT molecular complexity index is 169. The van der Waals surface area contributed by atoms with E-state index in [0.717, 1.165) is 12.0 Å². The second kappa shape index (κ2) is 6.10. The molecule has 0 aromatic rings. The predicted octanol–water partition coefficient (Wildman–Crippen LogP) is 3.71. The van der Waals surface area contributed by atoms with Crippen molar-refractivity contribution in [3.05, 3.63) is 0 Å². The highest BCUT2D eigenvalue weighted by Crippen LogP contribution is 2.27. The van der Waals surface area contributed by atoms with E-state index in [1.54, 1.807) is 0 Å². The molecule has 0 saturated heterocycles. The third-order valence-corrected chi connectivity index (χ3v) is 4.51. The van der Waals surface area contributed by atoms with Gasteiger partial charge in [0, 0.05) is 11.4 Å². The molecule has 2 rings (SSSR count). The lowest BCUT2D eigenvalue weighted by Gasteiger charge is -2.29. The molecule has 2 aliphatic carbocycles. The summed E-state index contributed by atoms with van der Waals surface area (Å²) < 4.78 is 0. The Balaban J connectivity index is 1.60. The van der Waals surface area contributed by atoms with Crippen LogP contribution in [0.1, 0.15) is 57.8 Å². The van der Waals surface area contributed by atoms with Crippen LogP contribution in [0.15, 0.2) is 0 Å². The number of halogens is 1. The van der Waals surface area contributed by atoms with E-state index in [4.69, 9.17) is 11.6 Å². The van der Waals surface area contributed by atoms with Gasteiger partial charge in [0.2, 0.25) is 0 Å². The summed E-state index contributed by atoms with van der Waals surface area (Å²) in [6, 6.07) is 0.826. The molecule has 0 aliphatic heterocycles. The molecule has 0 unspecified atom stereocenters. The summed E-state index contributed by atoms with van der Waals surface area (Å²) >= 11 is 6.11. The molecule has 1 nitrogen and oxygen atoms in total. The highest BCUT2D eigenvalue weighted by atomic mass is 35.5. The van der Waals surface area contributed by atoms with Crippen molar-refractivity contribution in [1.29, 1.82) is 0 Å². The first-order chi connectivity index (χ1) is 7.34. The fraction of sp³-hybridized carbons (Fsp3) is 1.00. The molecule has 0 aromatic heterocycles. The molecule has 1 N–H and O–H groups in total. The minimum absolute atomic E-state index is 0.468. The maximum absolute atomic E-state index is 6.11. The molecule has 0 aromatic carbocycles. The second-order valence-corrected chi connectivity index (χ2v) is 5.98. The monoisotopic (exact) mass is 229 g/mol. The normalized spacial score (nSPS) is 34.2. The molecule has 0 atom stereocenters. The van der Waals surface area contributed by atoms with Crippen molar-refractivity contribution in [3.63, 3.8) is 0 Å². The third kappa shape index (κ3) is 3.96. The van der Waals surface area contributed by atoms with Gasteiger partial charge >= 0.3 is 0 Å². The second-order valence-electron chi connectivity index (χ2n) is 5.36. The van der Waals surface area contributed by atoms with Crippen LogP contribution >= 0.6 is 11.6 Å². The maximum Gasteiger partial charge on any atom is 0.0336 e. The van der Waals surface area contributed by atoms with Crippen molar-refractivity contribution in [1.82, 2.24) is 5.32 Å². The Hall–Kier alpha value is 0.250. The summed E-state index contributed by atoms with van der Waals surface area (Å²) in [5.74, 6) is 0.905. The third-order valence-electron chi connectivity index (χ3n) is 4.08. The van der Waals surface area contributed by atoms with Crippen LogP contribution in [0, 0.1) is 5.92 Å². The lowest BCUT2D eigenvalue weighted by atomic mass is 9.88. The quantitative estimate of drug-likeness (QED) is 0.728. The first kappa shape index (κ1) is 11.7. The molecular weight excluding hydrogens is 206 g/mol. The summed E-state index contributed by atoms with van der Waals surface area (Å²) in [7, 11) is 0. The van der Waals surface area contributed by atoms with Gasteiger partial charge in [-0.05, 0) is 51.0 Å². The van der Waals surface area contributed by atoms with Crippen molar-refractivity contribution in [2.24, 2.45) is 5.92 Å². The standard InChI is InChI=1S/C13H24ClN/c14-12-8-6-11(7-9-12)10-15-13-4-2-1-3-5-13/h11-13,15H,1-10H2. The molecule has 2 heteroatoms. The summed E-state index contributed by atoms with van der Waals surface area (Å²) in [5.41, 5.74) is 0. The van der Waals surface area contributed by atoms with E-state index in [0.29, 0.717) is 5.38 Å². The van der Waals surface area contributed by atoms with E-state index >= 15 is 0 Å². The first-order valence-electron chi connectivity index (χ1n) is 6.72. The first-order valence-corrected chi connectivity index (χ1v) is 7.15. The van der Waals surface area contributed by atoms with E-state index in [-0.39, 0.29) is 0 Å². The van der Waals surface area contributed by atoms with Gasteiger partial charge in [0.05, 0.1) is 0 Å². The van der Waals surface area contributed by atoms with Crippen LogP contribution in [0.4, 0.5) is 0 Å². The number of rotatable bonds is 3. The van der Waals surface area contributed by atoms with Crippen molar-refractivity contribution >= 4 is 11.6 Å². The lowest BCUT2D eigenvalue weighted by Crippen LogP contribution is -2.36. The fourth-order valence-electron chi connectivity index (χ4n) is 2.97. The molecule has 2 fully saturated rings. The molecule has 88 valence electrons. The van der Waals surface area contributed by atoms with Gasteiger partial charge in [-0.3, -0.25) is 0 Å². The molecule has 15 heavy (non-hydrogen) atoms. The Kier molecular flexibility index (Phi) is 4.77. The van der Waals surface area contributed by atoms with E-state index in [9.17, 15) is 0 Å². The van der Waals surface area contributed by atoms with Crippen molar-refractivity contribution < 1.29 is 0 Å². The van der Waals surface area contributed by atoms with Crippen LogP contribution in [0.5, 0.6) is 0 Å². The molecule has 0 radical (unpaired) electrons. The zero-order valence-corrected chi connectivity index (χ0v) is 10.4. The molecule has 2 aliphatic rings. The largest absolute Gasteiger partial charge is 0.314 e. The van der Waals surface area contributed by atoms with Crippen molar-refractivity contribution in [2.75, 3.05) is 6.54 Å². The van der Waals surface area contributed by atoms with Crippen molar-refractivity contribution in [3.8, 4) is 0 Å². The number of hydrogen-bond donors (Lipinski definition) is 1. The highest BCUT2D eigenvalue weighted by molar-refractivity contribution is 6.20. The van der Waals surface area contributed by atoms with E-state index in [1.165, 1.54) is 64.3 Å². The maximum atomic E-state index is 6.11. The molecule has 0 bridgehead atoms. The summed E-state index contributed by atoms with van der Waals surface area (Å²) in [5, 5.41) is 4.23. The molecule has 2 saturated carbocycles. The van der Waals surface area contributed by atoms with E-state index in [2.05, 4.69) is 5.32 Å². The Morgan fingerprint density at radius 3 is 2.20 bits per heavy atom.